The van der Waals surface area contributed by atoms with Gasteiger partial charge in [-0.05, 0) is 36.0 Å². The van der Waals surface area contributed by atoms with Crippen molar-refractivity contribution in [2.75, 3.05) is 31.1 Å². The molecule has 3 rings (SSSR count). The van der Waals surface area contributed by atoms with Crippen molar-refractivity contribution in [2.45, 2.75) is 58.3 Å². The maximum Gasteiger partial charge on any atom is 0.225 e. The van der Waals surface area contributed by atoms with E-state index in [1.54, 1.807) is 0 Å². The molecule has 1 aliphatic carbocycles. The molecule has 1 saturated heterocycles. The Bertz CT molecular complexity index is 544. The second-order valence-corrected chi connectivity index (χ2v) is 8.44. The molecule has 3 heteroatoms. The van der Waals surface area contributed by atoms with Crippen LogP contribution in [0.2, 0.25) is 0 Å². The highest BCUT2D eigenvalue weighted by atomic mass is 16.2. The highest BCUT2D eigenvalue weighted by Crippen LogP contribution is 2.27. The monoisotopic (exact) mass is 328 g/mol. The Morgan fingerprint density at radius 2 is 1.50 bits per heavy atom. The third-order valence-electron chi connectivity index (χ3n) is 5.64. The molecule has 0 N–H and O–H groups in total. The van der Waals surface area contributed by atoms with Crippen molar-refractivity contribution in [3.63, 3.8) is 0 Å². The van der Waals surface area contributed by atoms with E-state index in [9.17, 15) is 4.79 Å². The van der Waals surface area contributed by atoms with E-state index < -0.39 is 0 Å². The van der Waals surface area contributed by atoms with Gasteiger partial charge in [0.2, 0.25) is 5.91 Å². The van der Waals surface area contributed by atoms with E-state index in [0.717, 1.165) is 39.0 Å². The number of carbonyl (C=O) groups is 1. The Balaban J connectivity index is 1.55. The van der Waals surface area contributed by atoms with Crippen LogP contribution in [0, 0.1) is 5.92 Å². The Kier molecular flexibility index (Phi) is 5.17. The highest BCUT2D eigenvalue weighted by Gasteiger charge is 2.28. The van der Waals surface area contributed by atoms with Crippen molar-refractivity contribution in [3.05, 3.63) is 29.8 Å². The summed E-state index contributed by atoms with van der Waals surface area (Å²) in [4.78, 5) is 17.2. The minimum absolute atomic E-state index is 0.198. The normalized spacial score (nSPS) is 20.3. The first-order chi connectivity index (χ1) is 11.4. The molecule has 1 aromatic rings. The van der Waals surface area contributed by atoms with Crippen LogP contribution in [-0.2, 0) is 10.2 Å². The maximum absolute atomic E-state index is 12.7. The van der Waals surface area contributed by atoms with E-state index in [4.69, 9.17) is 0 Å². The predicted molar refractivity (Wildman–Crippen MR) is 101 cm³/mol. The van der Waals surface area contributed by atoms with Gasteiger partial charge >= 0.3 is 0 Å². The van der Waals surface area contributed by atoms with E-state index in [1.165, 1.54) is 30.5 Å². The van der Waals surface area contributed by atoms with Crippen LogP contribution in [0.5, 0.6) is 0 Å². The molecule has 132 valence electrons. The number of anilines is 1. The molecule has 1 heterocycles. The van der Waals surface area contributed by atoms with Crippen LogP contribution >= 0.6 is 0 Å². The second kappa shape index (κ2) is 7.16. The zero-order valence-electron chi connectivity index (χ0n) is 15.6. The summed E-state index contributed by atoms with van der Waals surface area (Å²) in [6.45, 7) is 10.4. The molecule has 0 atom stereocenters. The predicted octanol–water partition coefficient (Wildman–Crippen LogP) is 4.21. The highest BCUT2D eigenvalue weighted by molar-refractivity contribution is 5.79. The van der Waals surface area contributed by atoms with Gasteiger partial charge in [0.1, 0.15) is 0 Å². The lowest BCUT2D eigenvalue weighted by atomic mass is 9.87. The fourth-order valence-corrected chi connectivity index (χ4v) is 3.97. The van der Waals surface area contributed by atoms with E-state index in [1.807, 2.05) is 0 Å². The molecule has 1 aromatic carbocycles. The maximum atomic E-state index is 12.7. The average Bonchev–Trinajstić information content (AvgIpc) is 2.61. The Morgan fingerprint density at radius 3 is 2.04 bits per heavy atom. The topological polar surface area (TPSA) is 23.6 Å². The van der Waals surface area contributed by atoms with Crippen molar-refractivity contribution in [1.29, 1.82) is 0 Å². The molecule has 0 bridgehead atoms. The molecule has 0 spiro atoms. The summed E-state index contributed by atoms with van der Waals surface area (Å²) in [5.74, 6) is 0.716. The number of rotatable bonds is 2. The van der Waals surface area contributed by atoms with E-state index in [2.05, 4.69) is 54.8 Å². The van der Waals surface area contributed by atoms with Gasteiger partial charge in [-0.3, -0.25) is 4.79 Å². The fourth-order valence-electron chi connectivity index (χ4n) is 3.97. The molecule has 0 unspecified atom stereocenters. The lowest BCUT2D eigenvalue weighted by Crippen LogP contribution is -2.50. The van der Waals surface area contributed by atoms with Crippen LogP contribution in [0.1, 0.15) is 58.4 Å². The van der Waals surface area contributed by atoms with Crippen LogP contribution < -0.4 is 4.90 Å². The van der Waals surface area contributed by atoms with Gasteiger partial charge in [-0.25, -0.2) is 0 Å². The largest absolute Gasteiger partial charge is 0.368 e. The third kappa shape index (κ3) is 3.93. The summed E-state index contributed by atoms with van der Waals surface area (Å²) in [5, 5.41) is 0. The molecule has 1 aliphatic heterocycles. The molecular formula is C21H32N2O. The number of hydrogen-bond acceptors (Lipinski definition) is 2. The van der Waals surface area contributed by atoms with Crippen LogP contribution in [0.15, 0.2) is 24.3 Å². The van der Waals surface area contributed by atoms with E-state index in [-0.39, 0.29) is 5.41 Å². The number of benzene rings is 1. The van der Waals surface area contributed by atoms with Gasteiger partial charge in [-0.15, -0.1) is 0 Å². The van der Waals surface area contributed by atoms with Crippen molar-refractivity contribution in [2.24, 2.45) is 5.92 Å². The van der Waals surface area contributed by atoms with Gasteiger partial charge in [-0.2, -0.15) is 0 Å². The molecule has 3 nitrogen and oxygen atoms in total. The average molecular weight is 329 g/mol. The summed E-state index contributed by atoms with van der Waals surface area (Å²) < 4.78 is 0. The van der Waals surface area contributed by atoms with Crippen LogP contribution in [-0.4, -0.2) is 37.0 Å². The van der Waals surface area contributed by atoms with Gasteiger partial charge < -0.3 is 9.80 Å². The van der Waals surface area contributed by atoms with E-state index in [0.29, 0.717) is 11.8 Å². The zero-order chi connectivity index (χ0) is 17.2. The number of hydrogen-bond donors (Lipinski definition) is 0. The van der Waals surface area contributed by atoms with Gasteiger partial charge in [0.15, 0.2) is 0 Å². The molecule has 1 saturated carbocycles. The van der Waals surface area contributed by atoms with Gasteiger partial charge in [0, 0.05) is 37.8 Å². The van der Waals surface area contributed by atoms with Gasteiger partial charge in [0.25, 0.3) is 0 Å². The SMILES string of the molecule is CC(C)(C)c1ccc(N2CCN(C(=O)C3CCCCC3)CC2)cc1. The fraction of sp³-hybridized carbons (Fsp3) is 0.667. The van der Waals surface area contributed by atoms with E-state index >= 15 is 0 Å². The van der Waals surface area contributed by atoms with Crippen molar-refractivity contribution in [3.8, 4) is 0 Å². The van der Waals surface area contributed by atoms with Crippen molar-refractivity contribution in [1.82, 2.24) is 4.90 Å². The first kappa shape index (κ1) is 17.3. The number of carbonyl (C=O) groups excluding carboxylic acids is 1. The van der Waals surface area contributed by atoms with Crippen LogP contribution in [0.3, 0.4) is 0 Å². The van der Waals surface area contributed by atoms with Crippen molar-refractivity contribution >= 4 is 11.6 Å². The molecular weight excluding hydrogens is 296 g/mol. The lowest BCUT2D eigenvalue weighted by molar-refractivity contribution is -0.136. The smallest absolute Gasteiger partial charge is 0.225 e. The molecule has 0 aromatic heterocycles. The summed E-state index contributed by atoms with van der Waals surface area (Å²) in [6.07, 6.45) is 5.98. The Hall–Kier alpha value is -1.51. The van der Waals surface area contributed by atoms with Gasteiger partial charge in [0.05, 0.1) is 0 Å². The summed E-state index contributed by atoms with van der Waals surface area (Å²) in [7, 11) is 0. The van der Waals surface area contributed by atoms with Crippen LogP contribution in [0.25, 0.3) is 0 Å². The number of amides is 1. The molecule has 2 fully saturated rings. The first-order valence-electron chi connectivity index (χ1n) is 9.59. The quantitative estimate of drug-likeness (QED) is 0.812. The lowest BCUT2D eigenvalue weighted by Gasteiger charge is -2.38. The van der Waals surface area contributed by atoms with Gasteiger partial charge in [-0.1, -0.05) is 52.2 Å². The Morgan fingerprint density at radius 1 is 0.917 bits per heavy atom. The third-order valence-corrected chi connectivity index (χ3v) is 5.64. The standard InChI is InChI=1S/C21H32N2O/c1-21(2,3)18-9-11-19(12-10-18)22-13-15-23(16-14-22)20(24)17-7-5-4-6-8-17/h9-12,17H,4-8,13-16H2,1-3H3. The summed E-state index contributed by atoms with van der Waals surface area (Å²) in [5.41, 5.74) is 2.86. The molecule has 1 amide bonds. The molecule has 24 heavy (non-hydrogen) atoms. The summed E-state index contributed by atoms with van der Waals surface area (Å²) in [6, 6.07) is 8.96. The molecule has 0 radical (unpaired) electrons. The summed E-state index contributed by atoms with van der Waals surface area (Å²) >= 11 is 0. The second-order valence-electron chi connectivity index (χ2n) is 8.44. The first-order valence-corrected chi connectivity index (χ1v) is 9.59. The zero-order valence-corrected chi connectivity index (χ0v) is 15.6. The minimum atomic E-state index is 0.198. The minimum Gasteiger partial charge on any atom is -0.368 e. The number of nitrogens with zero attached hydrogens (tertiary/aromatic N) is 2. The molecule has 2 aliphatic rings. The van der Waals surface area contributed by atoms with Crippen LogP contribution in [0.4, 0.5) is 5.69 Å². The number of piperazine rings is 1. The van der Waals surface area contributed by atoms with Crippen molar-refractivity contribution < 1.29 is 4.79 Å². The Labute approximate surface area is 147 Å².